The van der Waals surface area contributed by atoms with Gasteiger partial charge in [0.25, 0.3) is 0 Å². The van der Waals surface area contributed by atoms with Gasteiger partial charge in [0, 0.05) is 18.6 Å². The minimum atomic E-state index is -0.501. The maximum atomic E-state index is 12.3. The van der Waals surface area contributed by atoms with Crippen LogP contribution in [0.1, 0.15) is 58.8 Å². The van der Waals surface area contributed by atoms with Gasteiger partial charge in [-0.1, -0.05) is 6.42 Å². The molecule has 1 amide bonds. The smallest absolute Gasteiger partial charge is 0.239 e. The summed E-state index contributed by atoms with van der Waals surface area (Å²) < 4.78 is 0. The third-order valence-electron chi connectivity index (χ3n) is 5.82. The molecule has 1 heterocycles. The van der Waals surface area contributed by atoms with Gasteiger partial charge in [-0.15, -0.1) is 0 Å². The zero-order valence-corrected chi connectivity index (χ0v) is 13.6. The molecule has 3 fully saturated rings. The van der Waals surface area contributed by atoms with Crippen molar-refractivity contribution in [3.05, 3.63) is 0 Å². The number of nitrogens with zero attached hydrogens (tertiary/aromatic N) is 1. The molecule has 0 spiro atoms. The normalized spacial score (nSPS) is 32.9. The van der Waals surface area contributed by atoms with Crippen LogP contribution in [0.3, 0.4) is 0 Å². The highest BCUT2D eigenvalue weighted by Gasteiger charge is 2.52. The van der Waals surface area contributed by atoms with Crippen LogP contribution in [-0.2, 0) is 4.79 Å². The molecule has 1 saturated heterocycles. The average Bonchev–Trinajstić information content (AvgIpc) is 3.16. The van der Waals surface area contributed by atoms with Crippen LogP contribution in [0, 0.1) is 11.8 Å². The van der Waals surface area contributed by atoms with Crippen LogP contribution in [0.2, 0.25) is 0 Å². The van der Waals surface area contributed by atoms with E-state index >= 15 is 0 Å². The monoisotopic (exact) mass is 293 g/mol. The minimum absolute atomic E-state index is 0.140. The van der Waals surface area contributed by atoms with Gasteiger partial charge >= 0.3 is 0 Å². The SMILES string of the molecule is CC(C)NC(CN1CCCC2CCCC21)(C(N)=O)C1CC1. The second-order valence-electron chi connectivity index (χ2n) is 7.78. The predicted molar refractivity (Wildman–Crippen MR) is 84.9 cm³/mol. The highest BCUT2D eigenvalue weighted by Crippen LogP contribution is 2.43. The topological polar surface area (TPSA) is 58.4 Å². The number of likely N-dealkylation sites (tertiary alicyclic amines) is 1. The lowest BCUT2D eigenvalue weighted by Crippen LogP contribution is -2.66. The van der Waals surface area contributed by atoms with E-state index in [0.717, 1.165) is 31.8 Å². The van der Waals surface area contributed by atoms with Crippen LogP contribution in [-0.4, -0.2) is 41.5 Å². The number of piperidine rings is 1. The summed E-state index contributed by atoms with van der Waals surface area (Å²) in [5.41, 5.74) is 5.39. The number of nitrogens with one attached hydrogen (secondary N) is 1. The van der Waals surface area contributed by atoms with Crippen molar-refractivity contribution in [1.82, 2.24) is 10.2 Å². The summed E-state index contributed by atoms with van der Waals surface area (Å²) in [7, 11) is 0. The first kappa shape index (κ1) is 15.3. The quantitative estimate of drug-likeness (QED) is 0.786. The first-order valence-corrected chi connectivity index (χ1v) is 8.84. The number of nitrogens with two attached hydrogens (primary N) is 1. The first-order chi connectivity index (χ1) is 10.0. The molecule has 0 radical (unpaired) electrons. The standard InChI is InChI=1S/C17H31N3O/c1-12(2)19-17(16(18)21,14-8-9-14)11-20-10-4-6-13-5-3-7-15(13)20/h12-15,19H,3-11H2,1-2H3,(H2,18,21). The van der Waals surface area contributed by atoms with Gasteiger partial charge in [-0.05, 0) is 70.8 Å². The fourth-order valence-corrected chi connectivity index (χ4v) is 4.81. The fourth-order valence-electron chi connectivity index (χ4n) is 4.81. The summed E-state index contributed by atoms with van der Waals surface area (Å²) in [5, 5.41) is 3.57. The van der Waals surface area contributed by atoms with Gasteiger partial charge in [-0.2, -0.15) is 0 Å². The van der Waals surface area contributed by atoms with Crippen molar-refractivity contribution in [2.45, 2.75) is 76.4 Å². The Hall–Kier alpha value is -0.610. The second kappa shape index (κ2) is 5.88. The molecular weight excluding hydrogens is 262 g/mol. The lowest BCUT2D eigenvalue weighted by molar-refractivity contribution is -0.127. The van der Waals surface area contributed by atoms with E-state index in [-0.39, 0.29) is 5.91 Å². The highest BCUT2D eigenvalue weighted by molar-refractivity contribution is 5.86. The summed E-state index contributed by atoms with van der Waals surface area (Å²) in [6, 6.07) is 0.993. The molecule has 4 heteroatoms. The number of hydrogen-bond acceptors (Lipinski definition) is 3. The number of amides is 1. The Labute approximate surface area is 128 Å². The first-order valence-electron chi connectivity index (χ1n) is 8.84. The van der Waals surface area contributed by atoms with Gasteiger partial charge in [0.05, 0.1) is 0 Å². The van der Waals surface area contributed by atoms with E-state index in [1.807, 2.05) is 0 Å². The Morgan fingerprint density at radius 3 is 2.57 bits per heavy atom. The maximum Gasteiger partial charge on any atom is 0.239 e. The third-order valence-corrected chi connectivity index (χ3v) is 5.82. The van der Waals surface area contributed by atoms with Gasteiger partial charge in [-0.25, -0.2) is 0 Å². The molecule has 3 atom stereocenters. The predicted octanol–water partition coefficient (Wildman–Crippen LogP) is 1.88. The minimum Gasteiger partial charge on any atom is -0.368 e. The molecule has 2 aliphatic carbocycles. The number of rotatable bonds is 6. The Kier molecular flexibility index (Phi) is 4.28. The molecule has 120 valence electrons. The molecule has 0 bridgehead atoms. The zero-order valence-electron chi connectivity index (χ0n) is 13.6. The molecule has 3 N–H and O–H groups in total. The van der Waals surface area contributed by atoms with Gasteiger partial charge < -0.3 is 5.73 Å². The van der Waals surface area contributed by atoms with Crippen LogP contribution in [0.5, 0.6) is 0 Å². The van der Waals surface area contributed by atoms with Crippen molar-refractivity contribution >= 4 is 5.91 Å². The molecule has 21 heavy (non-hydrogen) atoms. The number of carbonyl (C=O) groups excluding carboxylic acids is 1. The highest BCUT2D eigenvalue weighted by atomic mass is 16.1. The summed E-state index contributed by atoms with van der Waals surface area (Å²) in [6.45, 7) is 6.21. The van der Waals surface area contributed by atoms with Gasteiger partial charge in [0.2, 0.25) is 5.91 Å². The second-order valence-corrected chi connectivity index (χ2v) is 7.78. The van der Waals surface area contributed by atoms with Crippen molar-refractivity contribution < 1.29 is 4.79 Å². The zero-order chi connectivity index (χ0) is 15.0. The Bertz CT molecular complexity index is 393. The van der Waals surface area contributed by atoms with Gasteiger partial charge in [-0.3, -0.25) is 15.0 Å². The van der Waals surface area contributed by atoms with E-state index in [2.05, 4.69) is 24.1 Å². The summed E-state index contributed by atoms with van der Waals surface area (Å²) in [6.07, 6.45) is 9.00. The number of primary amides is 1. The van der Waals surface area contributed by atoms with Crippen LogP contribution in [0.25, 0.3) is 0 Å². The van der Waals surface area contributed by atoms with E-state index in [4.69, 9.17) is 5.73 Å². The summed E-state index contributed by atoms with van der Waals surface area (Å²) in [5.74, 6) is 1.17. The molecule has 3 rings (SSSR count). The van der Waals surface area contributed by atoms with Crippen molar-refractivity contribution in [2.75, 3.05) is 13.1 Å². The Balaban J connectivity index is 1.78. The number of carbonyl (C=O) groups is 1. The molecule has 0 aromatic carbocycles. The molecule has 3 aliphatic rings. The van der Waals surface area contributed by atoms with Crippen molar-refractivity contribution in [3.63, 3.8) is 0 Å². The van der Waals surface area contributed by atoms with Crippen LogP contribution < -0.4 is 11.1 Å². The van der Waals surface area contributed by atoms with Crippen molar-refractivity contribution in [2.24, 2.45) is 17.6 Å². The Morgan fingerprint density at radius 1 is 1.24 bits per heavy atom. The lowest BCUT2D eigenvalue weighted by Gasteiger charge is -2.44. The average molecular weight is 293 g/mol. The van der Waals surface area contributed by atoms with Crippen molar-refractivity contribution in [1.29, 1.82) is 0 Å². The lowest BCUT2D eigenvalue weighted by atomic mass is 9.86. The fraction of sp³-hybridized carbons (Fsp3) is 0.941. The summed E-state index contributed by atoms with van der Waals surface area (Å²) in [4.78, 5) is 14.9. The largest absolute Gasteiger partial charge is 0.368 e. The van der Waals surface area contributed by atoms with E-state index in [1.165, 1.54) is 32.1 Å². The number of hydrogen-bond donors (Lipinski definition) is 2. The maximum absolute atomic E-state index is 12.3. The molecule has 3 unspecified atom stereocenters. The van der Waals surface area contributed by atoms with Crippen LogP contribution in [0.15, 0.2) is 0 Å². The molecule has 1 aliphatic heterocycles. The third kappa shape index (κ3) is 2.98. The molecule has 2 saturated carbocycles. The van der Waals surface area contributed by atoms with Crippen molar-refractivity contribution in [3.8, 4) is 0 Å². The van der Waals surface area contributed by atoms with E-state index < -0.39 is 5.54 Å². The molecule has 4 nitrogen and oxygen atoms in total. The van der Waals surface area contributed by atoms with Crippen LogP contribution >= 0.6 is 0 Å². The van der Waals surface area contributed by atoms with Gasteiger partial charge in [0.15, 0.2) is 0 Å². The van der Waals surface area contributed by atoms with Crippen LogP contribution in [0.4, 0.5) is 0 Å². The molecular formula is C17H31N3O. The Morgan fingerprint density at radius 2 is 1.95 bits per heavy atom. The molecule has 0 aromatic heterocycles. The van der Waals surface area contributed by atoms with E-state index in [0.29, 0.717) is 18.0 Å². The molecule has 0 aromatic rings. The van der Waals surface area contributed by atoms with E-state index in [1.54, 1.807) is 0 Å². The summed E-state index contributed by atoms with van der Waals surface area (Å²) >= 11 is 0. The van der Waals surface area contributed by atoms with Gasteiger partial charge in [0.1, 0.15) is 5.54 Å². The van der Waals surface area contributed by atoms with E-state index in [9.17, 15) is 4.79 Å². The number of fused-ring (bicyclic) bond motifs is 1.